The van der Waals surface area contributed by atoms with Crippen LogP contribution in [-0.2, 0) is 16.0 Å². The number of carbonyl (C=O) groups is 2. The second kappa shape index (κ2) is 10.0. The van der Waals surface area contributed by atoms with Crippen LogP contribution in [0.2, 0.25) is 0 Å². The van der Waals surface area contributed by atoms with Gasteiger partial charge in [-0.2, -0.15) is 0 Å². The third-order valence-electron chi connectivity index (χ3n) is 3.63. The monoisotopic (exact) mass is 319 g/mol. The van der Waals surface area contributed by atoms with Crippen molar-refractivity contribution in [3.8, 4) is 0 Å². The number of rotatable bonds is 9. The third-order valence-corrected chi connectivity index (χ3v) is 3.63. The Balaban J connectivity index is 2.32. The van der Waals surface area contributed by atoms with Crippen LogP contribution in [0.15, 0.2) is 24.3 Å². The first-order valence-corrected chi connectivity index (χ1v) is 8.11. The van der Waals surface area contributed by atoms with Gasteiger partial charge in [0.1, 0.15) is 0 Å². The van der Waals surface area contributed by atoms with Gasteiger partial charge >= 0.3 is 0 Å². The van der Waals surface area contributed by atoms with Gasteiger partial charge in [0.15, 0.2) is 0 Å². The molecule has 23 heavy (non-hydrogen) atoms. The van der Waals surface area contributed by atoms with E-state index in [2.05, 4.69) is 10.2 Å². The van der Waals surface area contributed by atoms with Gasteiger partial charge < -0.3 is 15.1 Å². The average molecular weight is 319 g/mol. The van der Waals surface area contributed by atoms with Gasteiger partial charge in [-0.25, -0.2) is 0 Å². The van der Waals surface area contributed by atoms with E-state index < -0.39 is 0 Å². The molecule has 0 spiro atoms. The van der Waals surface area contributed by atoms with Crippen LogP contribution >= 0.6 is 0 Å². The Bertz CT molecular complexity index is 515. The van der Waals surface area contributed by atoms with Gasteiger partial charge in [-0.3, -0.25) is 9.59 Å². The van der Waals surface area contributed by atoms with E-state index in [1.807, 2.05) is 45.3 Å². The molecule has 0 bridgehead atoms. The smallest absolute Gasteiger partial charge is 0.224 e. The second-order valence-electron chi connectivity index (χ2n) is 6.18. The molecule has 0 atom stereocenters. The Labute approximate surface area is 139 Å². The maximum atomic E-state index is 12.0. The number of amides is 2. The molecular formula is C18H29N3O2. The molecule has 5 heteroatoms. The molecule has 0 unspecified atom stereocenters. The summed E-state index contributed by atoms with van der Waals surface area (Å²) >= 11 is 0. The summed E-state index contributed by atoms with van der Waals surface area (Å²) in [5, 5.41) is 2.89. The molecule has 0 saturated carbocycles. The van der Waals surface area contributed by atoms with Crippen molar-refractivity contribution in [3.63, 3.8) is 0 Å². The number of aryl methyl sites for hydroxylation is 1. The van der Waals surface area contributed by atoms with Crippen LogP contribution < -0.4 is 5.32 Å². The highest BCUT2D eigenvalue weighted by molar-refractivity contribution is 5.78. The maximum Gasteiger partial charge on any atom is 0.224 e. The first kappa shape index (κ1) is 19.2. The van der Waals surface area contributed by atoms with E-state index in [0.29, 0.717) is 19.5 Å². The van der Waals surface area contributed by atoms with Crippen LogP contribution in [0.5, 0.6) is 0 Å². The van der Waals surface area contributed by atoms with Crippen LogP contribution in [0.25, 0.3) is 0 Å². The van der Waals surface area contributed by atoms with Gasteiger partial charge in [0.25, 0.3) is 0 Å². The summed E-state index contributed by atoms with van der Waals surface area (Å²) in [6, 6.07) is 7.94. The number of benzene rings is 1. The molecule has 1 aromatic carbocycles. The number of hydrogen-bond acceptors (Lipinski definition) is 3. The summed E-state index contributed by atoms with van der Waals surface area (Å²) in [6.45, 7) is 6.31. The summed E-state index contributed by atoms with van der Waals surface area (Å²) in [5.41, 5.74) is 2.16. The van der Waals surface area contributed by atoms with Crippen molar-refractivity contribution in [2.24, 2.45) is 0 Å². The molecule has 1 aromatic rings. The Morgan fingerprint density at radius 3 is 2.48 bits per heavy atom. The van der Waals surface area contributed by atoms with Crippen LogP contribution in [0.4, 0.5) is 0 Å². The van der Waals surface area contributed by atoms with Gasteiger partial charge in [-0.05, 0) is 39.5 Å². The number of nitrogens with zero attached hydrogens (tertiary/aromatic N) is 2. The lowest BCUT2D eigenvalue weighted by molar-refractivity contribution is -0.129. The zero-order valence-corrected chi connectivity index (χ0v) is 14.8. The zero-order valence-electron chi connectivity index (χ0n) is 14.8. The van der Waals surface area contributed by atoms with Crippen molar-refractivity contribution in [2.45, 2.75) is 26.7 Å². The fraction of sp³-hybridized carbons (Fsp3) is 0.556. The summed E-state index contributed by atoms with van der Waals surface area (Å²) in [7, 11) is 4.03. The van der Waals surface area contributed by atoms with Gasteiger partial charge in [-0.15, -0.1) is 0 Å². The van der Waals surface area contributed by atoms with Gasteiger partial charge in [0, 0.05) is 26.6 Å². The molecule has 1 rings (SSSR count). The number of carbonyl (C=O) groups excluding carboxylic acids is 2. The molecule has 0 aliphatic carbocycles. The molecule has 0 saturated heterocycles. The predicted molar refractivity (Wildman–Crippen MR) is 93.3 cm³/mol. The Morgan fingerprint density at radius 1 is 1.13 bits per heavy atom. The van der Waals surface area contributed by atoms with E-state index >= 15 is 0 Å². The van der Waals surface area contributed by atoms with Crippen molar-refractivity contribution in [1.82, 2.24) is 15.1 Å². The quantitative estimate of drug-likeness (QED) is 0.750. The molecule has 2 amide bonds. The maximum absolute atomic E-state index is 12.0. The van der Waals surface area contributed by atoms with E-state index in [1.165, 1.54) is 0 Å². The minimum absolute atomic E-state index is 0.00704. The standard InChI is InChI=1S/C18H29N3O2/c1-15-7-5-8-17(13-15)14-18(23)19-9-12-21(16(2)22)11-6-10-20(3)4/h5,7-8,13H,6,9-12,14H2,1-4H3,(H,19,23). The lowest BCUT2D eigenvalue weighted by Crippen LogP contribution is -2.39. The van der Waals surface area contributed by atoms with Crippen molar-refractivity contribution in [3.05, 3.63) is 35.4 Å². The third kappa shape index (κ3) is 8.35. The summed E-state index contributed by atoms with van der Waals surface area (Å²) in [5.74, 6) is 0.0454. The summed E-state index contributed by atoms with van der Waals surface area (Å²) < 4.78 is 0. The number of nitrogens with one attached hydrogen (secondary N) is 1. The van der Waals surface area contributed by atoms with Crippen molar-refractivity contribution in [2.75, 3.05) is 40.3 Å². The van der Waals surface area contributed by atoms with E-state index in [4.69, 9.17) is 0 Å². The van der Waals surface area contributed by atoms with Crippen LogP contribution in [-0.4, -0.2) is 61.9 Å². The topological polar surface area (TPSA) is 52.7 Å². The highest BCUT2D eigenvalue weighted by Gasteiger charge is 2.09. The van der Waals surface area contributed by atoms with Crippen LogP contribution in [0.1, 0.15) is 24.5 Å². The molecule has 0 fully saturated rings. The van der Waals surface area contributed by atoms with E-state index in [1.54, 1.807) is 11.8 Å². The fourth-order valence-electron chi connectivity index (χ4n) is 2.40. The highest BCUT2D eigenvalue weighted by atomic mass is 16.2. The molecule has 0 radical (unpaired) electrons. The van der Waals surface area contributed by atoms with Crippen molar-refractivity contribution >= 4 is 11.8 Å². The normalized spacial score (nSPS) is 10.7. The first-order valence-electron chi connectivity index (χ1n) is 8.11. The highest BCUT2D eigenvalue weighted by Crippen LogP contribution is 2.04. The zero-order chi connectivity index (χ0) is 17.2. The summed E-state index contributed by atoms with van der Waals surface area (Å²) in [4.78, 5) is 27.5. The first-order chi connectivity index (χ1) is 10.9. The Hall–Kier alpha value is -1.88. The molecule has 128 valence electrons. The van der Waals surface area contributed by atoms with Crippen molar-refractivity contribution < 1.29 is 9.59 Å². The lowest BCUT2D eigenvalue weighted by atomic mass is 10.1. The van der Waals surface area contributed by atoms with Gasteiger partial charge in [-0.1, -0.05) is 29.8 Å². The predicted octanol–water partition coefficient (Wildman–Crippen LogP) is 1.45. The van der Waals surface area contributed by atoms with E-state index in [0.717, 1.165) is 30.6 Å². The molecule has 0 heterocycles. The van der Waals surface area contributed by atoms with Gasteiger partial charge in [0.05, 0.1) is 6.42 Å². The Kier molecular flexibility index (Phi) is 8.33. The average Bonchev–Trinajstić information content (AvgIpc) is 2.45. The molecule has 0 aliphatic rings. The number of hydrogen-bond donors (Lipinski definition) is 1. The second-order valence-corrected chi connectivity index (χ2v) is 6.18. The SMILES string of the molecule is CC(=O)N(CCCN(C)C)CCNC(=O)Cc1cccc(C)c1. The Morgan fingerprint density at radius 2 is 1.87 bits per heavy atom. The van der Waals surface area contributed by atoms with Crippen molar-refractivity contribution in [1.29, 1.82) is 0 Å². The lowest BCUT2D eigenvalue weighted by Gasteiger charge is -2.22. The fourth-order valence-corrected chi connectivity index (χ4v) is 2.40. The largest absolute Gasteiger partial charge is 0.354 e. The minimum atomic E-state index is -0.00704. The van der Waals surface area contributed by atoms with Gasteiger partial charge in [0.2, 0.25) is 11.8 Å². The molecule has 0 aliphatic heterocycles. The molecule has 1 N–H and O–H groups in total. The minimum Gasteiger partial charge on any atom is -0.354 e. The molecular weight excluding hydrogens is 290 g/mol. The molecule has 5 nitrogen and oxygen atoms in total. The van der Waals surface area contributed by atoms with E-state index in [-0.39, 0.29) is 11.8 Å². The molecule has 0 aromatic heterocycles. The van der Waals surface area contributed by atoms with Crippen LogP contribution in [0.3, 0.4) is 0 Å². The van der Waals surface area contributed by atoms with E-state index in [9.17, 15) is 9.59 Å². The summed E-state index contributed by atoms with van der Waals surface area (Å²) in [6.07, 6.45) is 1.31. The van der Waals surface area contributed by atoms with Crippen LogP contribution in [0, 0.1) is 6.92 Å².